The first-order valence-corrected chi connectivity index (χ1v) is 9.97. The molecule has 2 amide bonds. The highest BCUT2D eigenvalue weighted by Gasteiger charge is 2.25. The van der Waals surface area contributed by atoms with Crippen LogP contribution in [0, 0.1) is 5.92 Å². The summed E-state index contributed by atoms with van der Waals surface area (Å²) in [7, 11) is 0. The quantitative estimate of drug-likeness (QED) is 0.380. The molecule has 4 N–H and O–H groups in total. The molecule has 1 aromatic carbocycles. The number of H-pyrrole nitrogens is 1. The van der Waals surface area contributed by atoms with Crippen molar-refractivity contribution in [3.05, 3.63) is 59.6 Å². The van der Waals surface area contributed by atoms with Gasteiger partial charge in [0.2, 0.25) is 5.91 Å². The number of rotatable bonds is 5. The van der Waals surface area contributed by atoms with Crippen LogP contribution in [-0.4, -0.2) is 39.9 Å². The van der Waals surface area contributed by atoms with Crippen molar-refractivity contribution in [2.45, 2.75) is 0 Å². The molecule has 0 radical (unpaired) electrons. The van der Waals surface area contributed by atoms with Crippen molar-refractivity contribution in [2.75, 3.05) is 23.7 Å². The Morgan fingerprint density at radius 2 is 2.00 bits per heavy atom. The number of benzene rings is 1. The van der Waals surface area contributed by atoms with E-state index >= 15 is 0 Å². The van der Waals surface area contributed by atoms with Gasteiger partial charge in [-0.25, -0.2) is 9.97 Å². The first-order chi connectivity index (χ1) is 15.1. The van der Waals surface area contributed by atoms with Gasteiger partial charge in [-0.1, -0.05) is 11.6 Å². The Labute approximate surface area is 181 Å². The molecule has 5 rings (SSSR count). The Hall–Kier alpha value is -3.69. The molecule has 1 aliphatic heterocycles. The maximum absolute atomic E-state index is 12.2. The van der Waals surface area contributed by atoms with Crippen LogP contribution >= 0.6 is 11.6 Å². The highest BCUT2D eigenvalue weighted by molar-refractivity contribution is 6.33. The van der Waals surface area contributed by atoms with Crippen LogP contribution in [0.25, 0.3) is 22.6 Å². The summed E-state index contributed by atoms with van der Waals surface area (Å²) in [5, 5.41) is 9.17. The number of aromatic amines is 1. The summed E-state index contributed by atoms with van der Waals surface area (Å²) in [6.07, 6.45) is 3.00. The number of hydrogen-bond acceptors (Lipinski definition) is 6. The third-order valence-corrected chi connectivity index (χ3v) is 5.31. The van der Waals surface area contributed by atoms with Gasteiger partial charge in [-0.15, -0.1) is 0 Å². The van der Waals surface area contributed by atoms with Crippen molar-refractivity contribution in [3.8, 4) is 11.4 Å². The molecule has 3 aromatic heterocycles. The van der Waals surface area contributed by atoms with Crippen LogP contribution in [0.2, 0.25) is 5.02 Å². The highest BCUT2D eigenvalue weighted by Crippen LogP contribution is 2.30. The smallest absolute Gasteiger partial charge is 0.291 e. The molecule has 1 fully saturated rings. The first kappa shape index (κ1) is 19.3. The Morgan fingerprint density at radius 3 is 2.74 bits per heavy atom. The fraction of sp³-hybridized carbons (Fsp3) is 0.143. The van der Waals surface area contributed by atoms with Crippen LogP contribution in [0.1, 0.15) is 10.6 Å². The van der Waals surface area contributed by atoms with E-state index in [0.717, 1.165) is 0 Å². The molecule has 0 aliphatic carbocycles. The number of nitrogens with one attached hydrogen (secondary N) is 4. The van der Waals surface area contributed by atoms with Crippen LogP contribution < -0.4 is 16.0 Å². The fourth-order valence-electron chi connectivity index (χ4n) is 3.20. The number of carbonyl (C=O) groups is 2. The van der Waals surface area contributed by atoms with Gasteiger partial charge < -0.3 is 25.4 Å². The molecular formula is C21H17ClN6O3. The van der Waals surface area contributed by atoms with Crippen LogP contribution in [0.15, 0.2) is 53.3 Å². The van der Waals surface area contributed by atoms with Gasteiger partial charge in [0.15, 0.2) is 11.4 Å². The summed E-state index contributed by atoms with van der Waals surface area (Å²) in [6, 6.07) is 10.1. The number of furan rings is 1. The number of anilines is 2. The van der Waals surface area contributed by atoms with E-state index in [1.54, 1.807) is 42.6 Å². The summed E-state index contributed by atoms with van der Waals surface area (Å²) >= 11 is 6.38. The van der Waals surface area contributed by atoms with Crippen molar-refractivity contribution < 1.29 is 14.0 Å². The lowest BCUT2D eigenvalue weighted by Crippen LogP contribution is -2.48. The summed E-state index contributed by atoms with van der Waals surface area (Å²) in [6.45, 7) is 1.36. The molecule has 10 heteroatoms. The SMILES string of the molecule is O=C(Nc1ccc(Cl)c(-c2nc3ncc(NC(=O)C4CNC4)cc3[nH]2)c1)c1ccco1. The van der Waals surface area contributed by atoms with Gasteiger partial charge in [0.05, 0.1) is 34.6 Å². The number of carbonyl (C=O) groups excluding carboxylic acids is 2. The van der Waals surface area contributed by atoms with E-state index in [0.29, 0.717) is 52.0 Å². The maximum atomic E-state index is 12.2. The Balaban J connectivity index is 1.40. The number of fused-ring (bicyclic) bond motifs is 1. The second-order valence-electron chi connectivity index (χ2n) is 7.15. The van der Waals surface area contributed by atoms with Crippen LogP contribution in [0.5, 0.6) is 0 Å². The second-order valence-corrected chi connectivity index (χ2v) is 7.56. The van der Waals surface area contributed by atoms with E-state index in [1.165, 1.54) is 6.26 Å². The number of imidazole rings is 1. The third-order valence-electron chi connectivity index (χ3n) is 4.98. The molecule has 0 saturated carbocycles. The molecular weight excluding hydrogens is 420 g/mol. The van der Waals surface area contributed by atoms with Crippen molar-refractivity contribution in [3.63, 3.8) is 0 Å². The average Bonchev–Trinajstić information content (AvgIpc) is 3.37. The van der Waals surface area contributed by atoms with Crippen molar-refractivity contribution in [1.82, 2.24) is 20.3 Å². The standard InChI is InChI=1S/C21H17ClN6O3/c22-15-4-3-12(25-21(30)17-2-1-5-31-17)6-14(15)18-27-16-7-13(10-24-19(16)28-18)26-20(29)11-8-23-9-11/h1-7,10-11,23H,8-9H2,(H,25,30)(H,26,29)(H,24,27,28). The van der Waals surface area contributed by atoms with Crippen LogP contribution in [0.4, 0.5) is 11.4 Å². The zero-order chi connectivity index (χ0) is 21.4. The zero-order valence-electron chi connectivity index (χ0n) is 16.1. The van der Waals surface area contributed by atoms with Crippen LogP contribution in [0.3, 0.4) is 0 Å². The Kier molecular flexibility index (Phi) is 4.89. The summed E-state index contributed by atoms with van der Waals surface area (Å²) in [4.78, 5) is 36.4. The molecule has 4 heterocycles. The average molecular weight is 437 g/mol. The Morgan fingerprint density at radius 1 is 1.13 bits per heavy atom. The lowest BCUT2D eigenvalue weighted by Gasteiger charge is -2.25. The van der Waals surface area contributed by atoms with Gasteiger partial charge in [-0.2, -0.15) is 0 Å². The number of halogens is 1. The number of pyridine rings is 1. The van der Waals surface area contributed by atoms with Gasteiger partial charge >= 0.3 is 0 Å². The van der Waals surface area contributed by atoms with Crippen molar-refractivity contribution in [2.24, 2.45) is 5.92 Å². The summed E-state index contributed by atoms with van der Waals surface area (Å²) in [5.74, 6) is 0.269. The van der Waals surface area contributed by atoms with E-state index in [2.05, 4.69) is 30.9 Å². The maximum Gasteiger partial charge on any atom is 0.291 e. The molecule has 0 unspecified atom stereocenters. The van der Waals surface area contributed by atoms with Crippen molar-refractivity contribution >= 4 is 46.0 Å². The molecule has 9 nitrogen and oxygen atoms in total. The normalized spacial score (nSPS) is 13.7. The van der Waals surface area contributed by atoms with Crippen LogP contribution in [-0.2, 0) is 4.79 Å². The van der Waals surface area contributed by atoms with E-state index in [9.17, 15) is 9.59 Å². The van der Waals surface area contributed by atoms with Crippen molar-refractivity contribution in [1.29, 1.82) is 0 Å². The molecule has 0 spiro atoms. The molecule has 0 atom stereocenters. The predicted octanol–water partition coefficient (Wildman–Crippen LogP) is 3.28. The molecule has 156 valence electrons. The zero-order valence-corrected chi connectivity index (χ0v) is 16.9. The monoisotopic (exact) mass is 436 g/mol. The fourth-order valence-corrected chi connectivity index (χ4v) is 3.41. The number of nitrogens with zero attached hydrogens (tertiary/aromatic N) is 2. The van der Waals surface area contributed by atoms with E-state index < -0.39 is 0 Å². The molecule has 31 heavy (non-hydrogen) atoms. The van der Waals surface area contributed by atoms with Gasteiger partial charge in [-0.05, 0) is 36.4 Å². The Bertz CT molecular complexity index is 1280. The van der Waals surface area contributed by atoms with E-state index in [-0.39, 0.29) is 23.5 Å². The number of amides is 2. The molecule has 1 saturated heterocycles. The second kappa shape index (κ2) is 7.86. The first-order valence-electron chi connectivity index (χ1n) is 9.59. The minimum absolute atomic E-state index is 0.0223. The highest BCUT2D eigenvalue weighted by atomic mass is 35.5. The molecule has 0 bridgehead atoms. The lowest BCUT2D eigenvalue weighted by atomic mass is 10.0. The van der Waals surface area contributed by atoms with Gasteiger partial charge in [-0.3, -0.25) is 9.59 Å². The number of aromatic nitrogens is 3. The predicted molar refractivity (Wildman–Crippen MR) is 116 cm³/mol. The topological polar surface area (TPSA) is 125 Å². The van der Waals surface area contributed by atoms with Gasteiger partial charge in [0, 0.05) is 24.3 Å². The van der Waals surface area contributed by atoms with Gasteiger partial charge in [0.25, 0.3) is 5.91 Å². The molecule has 1 aliphatic rings. The summed E-state index contributed by atoms with van der Waals surface area (Å²) < 4.78 is 5.11. The number of hydrogen-bond donors (Lipinski definition) is 4. The van der Waals surface area contributed by atoms with E-state index in [1.807, 2.05) is 0 Å². The summed E-state index contributed by atoms with van der Waals surface area (Å²) in [5.41, 5.74) is 2.87. The van der Waals surface area contributed by atoms with E-state index in [4.69, 9.17) is 16.0 Å². The molecule has 4 aromatic rings. The largest absolute Gasteiger partial charge is 0.459 e. The minimum atomic E-state index is -0.369. The third kappa shape index (κ3) is 3.88. The lowest BCUT2D eigenvalue weighted by molar-refractivity contribution is -0.121. The minimum Gasteiger partial charge on any atom is -0.459 e. The van der Waals surface area contributed by atoms with Gasteiger partial charge in [0.1, 0.15) is 5.82 Å².